The molecule has 1 aliphatic carbocycles. The highest BCUT2D eigenvalue weighted by Crippen LogP contribution is 2.40. The Morgan fingerprint density at radius 2 is 1.79 bits per heavy atom. The van der Waals surface area contributed by atoms with Crippen LogP contribution >= 0.6 is 0 Å². The number of benzene rings is 1. The summed E-state index contributed by atoms with van der Waals surface area (Å²) in [6, 6.07) is 9.60. The first-order chi connectivity index (χ1) is 11.6. The van der Waals surface area contributed by atoms with E-state index >= 15 is 0 Å². The van der Waals surface area contributed by atoms with E-state index in [1.165, 1.54) is 0 Å². The molecule has 134 valence electrons. The summed E-state index contributed by atoms with van der Waals surface area (Å²) in [4.78, 5) is 15.0. The number of ether oxygens (including phenoxy) is 1. The van der Waals surface area contributed by atoms with E-state index in [1.54, 1.807) is 0 Å². The summed E-state index contributed by atoms with van der Waals surface area (Å²) in [6.45, 7) is 7.20. The molecule has 1 fully saturated rings. The van der Waals surface area contributed by atoms with Crippen LogP contribution in [0, 0.1) is 0 Å². The monoisotopic (exact) mass is 333 g/mol. The molecular weight excluding hydrogens is 302 g/mol. The average Bonchev–Trinajstić information content (AvgIpc) is 2.60. The Morgan fingerprint density at radius 3 is 2.38 bits per heavy atom. The highest BCUT2D eigenvalue weighted by atomic mass is 16.5. The molecule has 4 nitrogen and oxygen atoms in total. The molecular formula is C20H31NO3. The number of hydrogen-bond donors (Lipinski definition) is 1. The third kappa shape index (κ3) is 4.81. The molecule has 1 aliphatic rings. The summed E-state index contributed by atoms with van der Waals surface area (Å²) in [5.74, 6) is -0.881. The van der Waals surface area contributed by atoms with Crippen molar-refractivity contribution >= 4 is 5.97 Å². The molecule has 0 amide bonds. The summed E-state index contributed by atoms with van der Waals surface area (Å²) in [6.07, 6.45) is 4.38. The molecule has 1 N–H and O–H groups in total. The third-order valence-electron chi connectivity index (χ3n) is 5.17. The number of esters is 1. The molecule has 0 radical (unpaired) electrons. The number of aliphatic hydroxyl groups is 1. The lowest BCUT2D eigenvalue weighted by Crippen LogP contribution is -2.43. The van der Waals surface area contributed by atoms with E-state index in [0.29, 0.717) is 19.4 Å². The lowest BCUT2D eigenvalue weighted by atomic mass is 9.73. The Kier molecular flexibility index (Phi) is 7.25. The van der Waals surface area contributed by atoms with E-state index in [-0.39, 0.29) is 5.97 Å². The topological polar surface area (TPSA) is 49.8 Å². The third-order valence-corrected chi connectivity index (χ3v) is 5.17. The van der Waals surface area contributed by atoms with Crippen molar-refractivity contribution in [3.8, 4) is 0 Å². The van der Waals surface area contributed by atoms with E-state index in [1.807, 2.05) is 30.3 Å². The van der Waals surface area contributed by atoms with E-state index in [2.05, 4.69) is 18.7 Å². The van der Waals surface area contributed by atoms with Gasteiger partial charge < -0.3 is 14.7 Å². The van der Waals surface area contributed by atoms with Gasteiger partial charge >= 0.3 is 5.97 Å². The van der Waals surface area contributed by atoms with Gasteiger partial charge in [-0.1, -0.05) is 63.4 Å². The number of carbonyl (C=O) groups excluding carboxylic acids is 1. The molecule has 1 saturated carbocycles. The minimum atomic E-state index is -0.980. The smallest absolute Gasteiger partial charge is 0.316 e. The zero-order chi connectivity index (χ0) is 17.4. The van der Waals surface area contributed by atoms with Crippen molar-refractivity contribution in [3.05, 3.63) is 35.9 Å². The molecule has 0 spiro atoms. The van der Waals surface area contributed by atoms with Crippen LogP contribution in [0.3, 0.4) is 0 Å². The lowest BCUT2D eigenvalue weighted by molar-refractivity contribution is -0.155. The summed E-state index contributed by atoms with van der Waals surface area (Å²) < 4.78 is 5.57. The van der Waals surface area contributed by atoms with Gasteiger partial charge in [0.25, 0.3) is 0 Å². The van der Waals surface area contributed by atoms with Gasteiger partial charge in [0.15, 0.2) is 0 Å². The number of hydrogen-bond acceptors (Lipinski definition) is 4. The van der Waals surface area contributed by atoms with Crippen LogP contribution in [0.2, 0.25) is 0 Å². The second kappa shape index (κ2) is 9.19. The highest BCUT2D eigenvalue weighted by molar-refractivity contribution is 5.80. The van der Waals surface area contributed by atoms with Gasteiger partial charge in [0, 0.05) is 6.54 Å². The van der Waals surface area contributed by atoms with E-state index in [4.69, 9.17) is 4.74 Å². The molecule has 2 rings (SSSR count). The van der Waals surface area contributed by atoms with Gasteiger partial charge in [-0.2, -0.15) is 0 Å². The van der Waals surface area contributed by atoms with Crippen LogP contribution < -0.4 is 0 Å². The quantitative estimate of drug-likeness (QED) is 0.741. The SMILES string of the molecule is CCN(CC)CCOC(=O)[C@H](c1ccccc1)C1(O)CCCCC1. The Bertz CT molecular complexity index is 493. The summed E-state index contributed by atoms with van der Waals surface area (Å²) in [5, 5.41) is 11.1. The van der Waals surface area contributed by atoms with Crippen molar-refractivity contribution in [2.75, 3.05) is 26.2 Å². The fraction of sp³-hybridized carbons (Fsp3) is 0.650. The normalized spacial score (nSPS) is 18.3. The van der Waals surface area contributed by atoms with E-state index < -0.39 is 11.5 Å². The number of nitrogens with zero attached hydrogens (tertiary/aromatic N) is 1. The van der Waals surface area contributed by atoms with Crippen molar-refractivity contribution in [1.82, 2.24) is 4.90 Å². The summed E-state index contributed by atoms with van der Waals surface area (Å²) >= 11 is 0. The van der Waals surface area contributed by atoms with Crippen molar-refractivity contribution in [3.63, 3.8) is 0 Å². The second-order valence-electron chi connectivity index (χ2n) is 6.70. The van der Waals surface area contributed by atoms with Crippen LogP contribution in [0.4, 0.5) is 0 Å². The number of rotatable bonds is 8. The standard InChI is InChI=1S/C20H31NO3/c1-3-21(4-2)15-16-24-19(22)18(17-11-7-5-8-12-17)20(23)13-9-6-10-14-20/h5,7-8,11-12,18,23H,3-4,6,9-10,13-16H2,1-2H3/t18-/m0/s1. The van der Waals surface area contributed by atoms with Gasteiger partial charge in [0.2, 0.25) is 0 Å². The number of likely N-dealkylation sites (N-methyl/N-ethyl adjacent to an activating group) is 1. The molecule has 0 bridgehead atoms. The fourth-order valence-corrected chi connectivity index (χ4v) is 3.66. The van der Waals surface area contributed by atoms with Crippen LogP contribution in [-0.4, -0.2) is 47.8 Å². The summed E-state index contributed by atoms with van der Waals surface area (Å²) in [7, 11) is 0. The van der Waals surface area contributed by atoms with Crippen molar-refractivity contribution in [2.24, 2.45) is 0 Å². The fourth-order valence-electron chi connectivity index (χ4n) is 3.66. The Labute approximate surface area is 145 Å². The van der Waals surface area contributed by atoms with Gasteiger partial charge in [-0.3, -0.25) is 4.79 Å². The first-order valence-electron chi connectivity index (χ1n) is 9.27. The minimum Gasteiger partial charge on any atom is -0.464 e. The van der Waals surface area contributed by atoms with Crippen molar-refractivity contribution < 1.29 is 14.6 Å². The molecule has 0 heterocycles. The predicted octanol–water partition coefficient (Wildman–Crippen LogP) is 3.35. The van der Waals surface area contributed by atoms with Gasteiger partial charge in [-0.05, 0) is 31.5 Å². The molecule has 1 aromatic carbocycles. The summed E-state index contributed by atoms with van der Waals surface area (Å²) in [5.41, 5.74) is -0.124. The molecule has 0 unspecified atom stereocenters. The Morgan fingerprint density at radius 1 is 1.17 bits per heavy atom. The number of carbonyl (C=O) groups is 1. The average molecular weight is 333 g/mol. The Balaban J connectivity index is 2.09. The molecule has 24 heavy (non-hydrogen) atoms. The predicted molar refractivity (Wildman–Crippen MR) is 96.0 cm³/mol. The van der Waals surface area contributed by atoms with Crippen LogP contribution in [0.15, 0.2) is 30.3 Å². The van der Waals surface area contributed by atoms with Crippen molar-refractivity contribution in [2.45, 2.75) is 57.5 Å². The largest absolute Gasteiger partial charge is 0.464 e. The molecule has 0 saturated heterocycles. The zero-order valence-corrected chi connectivity index (χ0v) is 15.0. The molecule has 0 aromatic heterocycles. The van der Waals surface area contributed by atoms with E-state index in [0.717, 1.165) is 44.5 Å². The highest BCUT2D eigenvalue weighted by Gasteiger charge is 2.44. The van der Waals surface area contributed by atoms with Crippen molar-refractivity contribution in [1.29, 1.82) is 0 Å². The van der Waals surface area contributed by atoms with E-state index in [9.17, 15) is 9.90 Å². The van der Waals surface area contributed by atoms with Gasteiger partial charge in [0.1, 0.15) is 12.5 Å². The lowest BCUT2D eigenvalue weighted by Gasteiger charge is -2.38. The molecule has 0 aliphatic heterocycles. The Hall–Kier alpha value is -1.39. The molecule has 4 heteroatoms. The maximum Gasteiger partial charge on any atom is 0.316 e. The second-order valence-corrected chi connectivity index (χ2v) is 6.70. The molecule has 1 aromatic rings. The zero-order valence-electron chi connectivity index (χ0n) is 15.0. The maximum atomic E-state index is 12.8. The van der Waals surface area contributed by atoms with Crippen LogP contribution in [0.25, 0.3) is 0 Å². The van der Waals surface area contributed by atoms with Crippen LogP contribution in [0.5, 0.6) is 0 Å². The van der Waals surface area contributed by atoms with Gasteiger partial charge in [0.05, 0.1) is 5.60 Å². The van der Waals surface area contributed by atoms with Gasteiger partial charge in [-0.15, -0.1) is 0 Å². The molecule has 1 atom stereocenters. The first kappa shape index (κ1) is 18.9. The van der Waals surface area contributed by atoms with Crippen LogP contribution in [0.1, 0.15) is 57.4 Å². The van der Waals surface area contributed by atoms with Crippen LogP contribution in [-0.2, 0) is 9.53 Å². The first-order valence-corrected chi connectivity index (χ1v) is 9.27. The minimum absolute atomic E-state index is 0.294. The van der Waals surface area contributed by atoms with Gasteiger partial charge in [-0.25, -0.2) is 0 Å². The maximum absolute atomic E-state index is 12.8.